The van der Waals surface area contributed by atoms with E-state index in [1.165, 1.54) is 6.08 Å². The second kappa shape index (κ2) is 7.68. The van der Waals surface area contributed by atoms with Gasteiger partial charge in [0.25, 0.3) is 0 Å². The molecule has 0 aliphatic carbocycles. The van der Waals surface area contributed by atoms with Crippen molar-refractivity contribution < 1.29 is 4.79 Å². The average molecular weight is 323 g/mol. The van der Waals surface area contributed by atoms with Crippen LogP contribution < -0.4 is 5.32 Å². The zero-order chi connectivity index (χ0) is 16.8. The summed E-state index contributed by atoms with van der Waals surface area (Å²) in [4.78, 5) is 26.7. The Kier molecular flexibility index (Phi) is 5.15. The molecule has 3 rings (SSSR count). The minimum Gasteiger partial charge on any atom is -0.339 e. The van der Waals surface area contributed by atoms with E-state index < -0.39 is 0 Å². The Morgan fingerprint density at radius 3 is 2.92 bits per heavy atom. The molecule has 1 N–H and O–H groups in total. The summed E-state index contributed by atoms with van der Waals surface area (Å²) in [6.07, 6.45) is 9.59. The third-order valence-electron chi connectivity index (χ3n) is 4.13. The summed E-state index contributed by atoms with van der Waals surface area (Å²) in [5.41, 5.74) is 0.944. The van der Waals surface area contributed by atoms with Crippen LogP contribution in [0.2, 0.25) is 0 Å². The zero-order valence-corrected chi connectivity index (χ0v) is 13.6. The van der Waals surface area contributed by atoms with Crippen LogP contribution in [0, 0.1) is 5.92 Å². The summed E-state index contributed by atoms with van der Waals surface area (Å²) >= 11 is 0. The molecular weight excluding hydrogens is 302 g/mol. The van der Waals surface area contributed by atoms with Crippen molar-refractivity contribution in [3.63, 3.8) is 0 Å². The molecule has 6 nitrogen and oxygen atoms in total. The molecule has 1 atom stereocenters. The van der Waals surface area contributed by atoms with Gasteiger partial charge in [-0.15, -0.1) is 0 Å². The van der Waals surface area contributed by atoms with Gasteiger partial charge in [0.05, 0.1) is 18.1 Å². The fourth-order valence-corrected chi connectivity index (χ4v) is 2.95. The van der Waals surface area contributed by atoms with Gasteiger partial charge in [-0.05, 0) is 43.4 Å². The molecule has 124 valence electrons. The van der Waals surface area contributed by atoms with Gasteiger partial charge in [-0.25, -0.2) is 9.97 Å². The van der Waals surface area contributed by atoms with Gasteiger partial charge < -0.3 is 10.2 Å². The summed E-state index contributed by atoms with van der Waals surface area (Å²) in [7, 11) is 0. The Morgan fingerprint density at radius 1 is 1.29 bits per heavy atom. The van der Waals surface area contributed by atoms with Crippen LogP contribution in [0.25, 0.3) is 0 Å². The van der Waals surface area contributed by atoms with Crippen molar-refractivity contribution in [3.05, 3.63) is 55.1 Å². The molecule has 0 saturated carbocycles. The van der Waals surface area contributed by atoms with Crippen molar-refractivity contribution in [1.82, 2.24) is 19.9 Å². The standard InChI is InChI=1S/C18H21N5O/c1-2-18(24)23-9-5-6-14(13-23)10-15-11-21-17(12-20-15)22-16-7-3-4-8-19-16/h2-4,7-8,11-12,14H,1,5-6,9-10,13H2,(H,19,21,22)/t14-/m0/s1. The number of anilines is 2. The van der Waals surface area contributed by atoms with Crippen LogP contribution in [-0.4, -0.2) is 38.8 Å². The summed E-state index contributed by atoms with van der Waals surface area (Å²) in [6, 6.07) is 5.66. The average Bonchev–Trinajstić information content (AvgIpc) is 2.64. The summed E-state index contributed by atoms with van der Waals surface area (Å²) in [6.45, 7) is 5.15. The first-order valence-electron chi connectivity index (χ1n) is 8.15. The molecule has 0 unspecified atom stereocenters. The molecule has 0 radical (unpaired) electrons. The molecule has 0 spiro atoms. The van der Waals surface area contributed by atoms with E-state index >= 15 is 0 Å². The van der Waals surface area contributed by atoms with Crippen molar-refractivity contribution in [1.29, 1.82) is 0 Å². The molecule has 3 heterocycles. The molecule has 1 aliphatic heterocycles. The molecule has 6 heteroatoms. The largest absolute Gasteiger partial charge is 0.339 e. The lowest BCUT2D eigenvalue weighted by atomic mass is 9.93. The maximum Gasteiger partial charge on any atom is 0.245 e. The number of carbonyl (C=O) groups excluding carboxylic acids is 1. The number of aromatic nitrogens is 3. The van der Waals surface area contributed by atoms with Crippen LogP contribution in [-0.2, 0) is 11.2 Å². The molecule has 24 heavy (non-hydrogen) atoms. The number of piperidine rings is 1. The predicted molar refractivity (Wildman–Crippen MR) is 92.8 cm³/mol. The van der Waals surface area contributed by atoms with Crippen LogP contribution in [0.4, 0.5) is 11.6 Å². The quantitative estimate of drug-likeness (QED) is 0.856. The fourth-order valence-electron chi connectivity index (χ4n) is 2.95. The minimum absolute atomic E-state index is 0.0145. The van der Waals surface area contributed by atoms with Gasteiger partial charge in [0.15, 0.2) is 0 Å². The van der Waals surface area contributed by atoms with Gasteiger partial charge in [0, 0.05) is 19.3 Å². The van der Waals surface area contributed by atoms with E-state index in [2.05, 4.69) is 26.8 Å². The molecular formula is C18H21N5O. The highest BCUT2D eigenvalue weighted by Crippen LogP contribution is 2.20. The predicted octanol–water partition coefficient (Wildman–Crippen LogP) is 2.58. The molecule has 2 aromatic rings. The van der Waals surface area contributed by atoms with E-state index in [1.54, 1.807) is 18.6 Å². The molecule has 1 fully saturated rings. The van der Waals surface area contributed by atoms with Crippen LogP contribution in [0.15, 0.2) is 49.4 Å². The number of rotatable bonds is 5. The zero-order valence-electron chi connectivity index (χ0n) is 13.6. The highest BCUT2D eigenvalue weighted by Gasteiger charge is 2.22. The normalized spacial score (nSPS) is 17.3. The van der Waals surface area contributed by atoms with E-state index in [4.69, 9.17) is 0 Å². The number of pyridine rings is 1. The maximum atomic E-state index is 11.7. The smallest absolute Gasteiger partial charge is 0.245 e. The Labute approximate surface area is 141 Å². The lowest BCUT2D eigenvalue weighted by Gasteiger charge is -2.31. The second-order valence-electron chi connectivity index (χ2n) is 5.93. The monoisotopic (exact) mass is 323 g/mol. The maximum absolute atomic E-state index is 11.7. The highest BCUT2D eigenvalue weighted by molar-refractivity contribution is 5.87. The van der Waals surface area contributed by atoms with Crippen LogP contribution in [0.3, 0.4) is 0 Å². The van der Waals surface area contributed by atoms with Crippen LogP contribution in [0.5, 0.6) is 0 Å². The molecule has 1 aliphatic rings. The lowest BCUT2D eigenvalue weighted by molar-refractivity contribution is -0.127. The first kappa shape index (κ1) is 16.1. The van der Waals surface area contributed by atoms with Crippen LogP contribution in [0.1, 0.15) is 18.5 Å². The Balaban J connectivity index is 1.58. The van der Waals surface area contributed by atoms with Gasteiger partial charge in [-0.2, -0.15) is 0 Å². The van der Waals surface area contributed by atoms with Crippen molar-refractivity contribution in [2.24, 2.45) is 5.92 Å². The number of amides is 1. The second-order valence-corrected chi connectivity index (χ2v) is 5.93. The first-order chi connectivity index (χ1) is 11.7. The Hall–Kier alpha value is -2.76. The highest BCUT2D eigenvalue weighted by atomic mass is 16.2. The number of nitrogens with zero attached hydrogens (tertiary/aromatic N) is 4. The molecule has 0 aromatic carbocycles. The van der Waals surface area contributed by atoms with Gasteiger partial charge in [-0.3, -0.25) is 9.78 Å². The van der Waals surface area contributed by atoms with Crippen molar-refractivity contribution in [3.8, 4) is 0 Å². The van der Waals surface area contributed by atoms with Gasteiger partial charge in [0.1, 0.15) is 11.6 Å². The number of hydrogen-bond donors (Lipinski definition) is 1. The summed E-state index contributed by atoms with van der Waals surface area (Å²) in [5, 5.41) is 3.12. The number of carbonyl (C=O) groups is 1. The van der Waals surface area contributed by atoms with E-state index in [0.29, 0.717) is 11.7 Å². The minimum atomic E-state index is 0.0145. The molecule has 1 saturated heterocycles. The van der Waals surface area contributed by atoms with Gasteiger partial charge in [0.2, 0.25) is 5.91 Å². The van der Waals surface area contributed by atoms with Gasteiger partial charge in [-0.1, -0.05) is 12.6 Å². The van der Waals surface area contributed by atoms with Crippen molar-refractivity contribution in [2.45, 2.75) is 19.3 Å². The van der Waals surface area contributed by atoms with E-state index in [1.807, 2.05) is 23.1 Å². The first-order valence-corrected chi connectivity index (χ1v) is 8.15. The van der Waals surface area contributed by atoms with Crippen molar-refractivity contribution in [2.75, 3.05) is 18.4 Å². The van der Waals surface area contributed by atoms with Crippen molar-refractivity contribution >= 4 is 17.5 Å². The number of nitrogens with one attached hydrogen (secondary N) is 1. The van der Waals surface area contributed by atoms with Crippen LogP contribution >= 0.6 is 0 Å². The number of likely N-dealkylation sites (tertiary alicyclic amines) is 1. The van der Waals surface area contributed by atoms with Gasteiger partial charge >= 0.3 is 0 Å². The van der Waals surface area contributed by atoms with E-state index in [0.717, 1.165) is 43.9 Å². The summed E-state index contributed by atoms with van der Waals surface area (Å²) in [5.74, 6) is 1.85. The Bertz CT molecular complexity index is 686. The third-order valence-corrected chi connectivity index (χ3v) is 4.13. The van der Waals surface area contributed by atoms with E-state index in [-0.39, 0.29) is 5.91 Å². The fraction of sp³-hybridized carbons (Fsp3) is 0.333. The molecule has 2 aromatic heterocycles. The summed E-state index contributed by atoms with van der Waals surface area (Å²) < 4.78 is 0. The SMILES string of the molecule is C=CC(=O)N1CCC[C@@H](Cc2cnc(Nc3ccccn3)cn2)C1. The lowest BCUT2D eigenvalue weighted by Crippen LogP contribution is -2.39. The topological polar surface area (TPSA) is 71.0 Å². The van der Waals surface area contributed by atoms with E-state index in [9.17, 15) is 4.79 Å². The molecule has 0 bridgehead atoms. The molecule has 1 amide bonds. The number of hydrogen-bond acceptors (Lipinski definition) is 5. The third kappa shape index (κ3) is 4.16. The Morgan fingerprint density at radius 2 is 2.21 bits per heavy atom.